The standard InChI is InChI=1S/C20H19N5O3/c26-18-17(14-3-1-2-4-15(14)21-18)12-7-9-24(10-8-12)19(27)13-5-6-16-22-23-20(28)25(16)11-13/h1-6,11-12,17H,7-10H2,(H,21,26)(H,23,28). The molecule has 8 heteroatoms. The van der Waals surface area contributed by atoms with Crippen molar-refractivity contribution in [3.05, 3.63) is 64.2 Å². The number of rotatable bonds is 2. The maximum absolute atomic E-state index is 12.9. The van der Waals surface area contributed by atoms with Crippen LogP contribution in [0.2, 0.25) is 0 Å². The maximum Gasteiger partial charge on any atom is 0.347 e. The lowest BCUT2D eigenvalue weighted by molar-refractivity contribution is -0.118. The summed E-state index contributed by atoms with van der Waals surface area (Å²) in [7, 11) is 0. The first kappa shape index (κ1) is 16.7. The number of benzene rings is 1. The van der Waals surface area contributed by atoms with Gasteiger partial charge in [-0.15, -0.1) is 0 Å². The van der Waals surface area contributed by atoms with E-state index in [0.717, 1.165) is 24.1 Å². The molecule has 8 nitrogen and oxygen atoms in total. The molecular weight excluding hydrogens is 358 g/mol. The number of anilines is 1. The fourth-order valence-corrected chi connectivity index (χ4v) is 4.35. The summed E-state index contributed by atoms with van der Waals surface area (Å²) in [5, 5.41) is 9.20. The number of hydrogen-bond donors (Lipinski definition) is 2. The molecule has 0 spiro atoms. The van der Waals surface area contributed by atoms with Crippen LogP contribution in [0.25, 0.3) is 5.65 Å². The number of H-pyrrole nitrogens is 1. The van der Waals surface area contributed by atoms with Gasteiger partial charge in [-0.1, -0.05) is 18.2 Å². The average Bonchev–Trinajstić information content (AvgIpc) is 3.26. The second-order valence-electron chi connectivity index (χ2n) is 7.36. The Balaban J connectivity index is 1.31. The predicted octanol–water partition coefficient (Wildman–Crippen LogP) is 1.61. The van der Waals surface area contributed by atoms with Crippen LogP contribution >= 0.6 is 0 Å². The van der Waals surface area contributed by atoms with E-state index in [1.54, 1.807) is 17.0 Å². The molecule has 2 aliphatic heterocycles. The van der Waals surface area contributed by atoms with Crippen LogP contribution in [-0.2, 0) is 4.79 Å². The number of carbonyl (C=O) groups is 2. The Hall–Kier alpha value is -3.42. The molecule has 1 unspecified atom stereocenters. The number of likely N-dealkylation sites (tertiary alicyclic amines) is 1. The lowest BCUT2D eigenvalue weighted by Crippen LogP contribution is -2.40. The number of aromatic amines is 1. The molecule has 0 bridgehead atoms. The number of nitrogens with zero attached hydrogens (tertiary/aromatic N) is 3. The number of para-hydroxylation sites is 1. The van der Waals surface area contributed by atoms with Gasteiger partial charge in [0.15, 0.2) is 5.65 Å². The first-order chi connectivity index (χ1) is 13.6. The molecular formula is C20H19N5O3. The van der Waals surface area contributed by atoms with Gasteiger partial charge in [0.1, 0.15) is 0 Å². The van der Waals surface area contributed by atoms with E-state index in [2.05, 4.69) is 15.5 Å². The molecule has 142 valence electrons. The number of fused-ring (bicyclic) bond motifs is 2. The summed E-state index contributed by atoms with van der Waals surface area (Å²) in [5.41, 5.74) is 2.52. The number of pyridine rings is 1. The minimum atomic E-state index is -0.366. The van der Waals surface area contributed by atoms with E-state index in [1.165, 1.54) is 10.6 Å². The van der Waals surface area contributed by atoms with Crippen molar-refractivity contribution >= 4 is 23.1 Å². The normalized spacial score (nSPS) is 19.6. The second kappa shape index (κ2) is 6.33. The maximum atomic E-state index is 12.9. The number of nitrogens with one attached hydrogen (secondary N) is 2. The summed E-state index contributed by atoms with van der Waals surface area (Å²) in [6.45, 7) is 1.18. The third kappa shape index (κ3) is 2.60. The summed E-state index contributed by atoms with van der Waals surface area (Å²) in [6.07, 6.45) is 3.06. The highest BCUT2D eigenvalue weighted by molar-refractivity contribution is 6.03. The number of carbonyl (C=O) groups excluding carboxylic acids is 2. The molecule has 1 fully saturated rings. The van der Waals surface area contributed by atoms with Gasteiger partial charge < -0.3 is 10.2 Å². The zero-order valence-corrected chi connectivity index (χ0v) is 15.1. The molecule has 1 atom stereocenters. The summed E-state index contributed by atoms with van der Waals surface area (Å²) in [5.74, 6) is 0.0152. The van der Waals surface area contributed by atoms with Crippen molar-refractivity contribution in [3.8, 4) is 0 Å². The molecule has 2 N–H and O–H groups in total. The van der Waals surface area contributed by atoms with Crippen LogP contribution in [0.1, 0.15) is 34.7 Å². The molecule has 0 saturated carbocycles. The van der Waals surface area contributed by atoms with Crippen molar-refractivity contribution < 1.29 is 9.59 Å². The first-order valence-corrected chi connectivity index (χ1v) is 9.37. The lowest BCUT2D eigenvalue weighted by atomic mass is 9.80. The molecule has 2 aromatic heterocycles. The first-order valence-electron chi connectivity index (χ1n) is 9.37. The van der Waals surface area contributed by atoms with E-state index in [9.17, 15) is 14.4 Å². The summed E-state index contributed by atoms with van der Waals surface area (Å²) < 4.78 is 1.33. The fraction of sp³-hybridized carbons (Fsp3) is 0.300. The average molecular weight is 377 g/mol. The zero-order valence-electron chi connectivity index (χ0n) is 15.1. The largest absolute Gasteiger partial charge is 0.347 e. The summed E-state index contributed by atoms with van der Waals surface area (Å²) in [6, 6.07) is 11.2. The Morgan fingerprint density at radius 1 is 1.07 bits per heavy atom. The van der Waals surface area contributed by atoms with Gasteiger partial charge >= 0.3 is 5.69 Å². The monoisotopic (exact) mass is 377 g/mol. The van der Waals surface area contributed by atoms with E-state index in [-0.39, 0.29) is 29.3 Å². The minimum absolute atomic E-state index is 0.0516. The van der Waals surface area contributed by atoms with Gasteiger partial charge in [0, 0.05) is 25.0 Å². The molecule has 0 aliphatic carbocycles. The Morgan fingerprint density at radius 3 is 2.68 bits per heavy atom. The Labute approximate surface area is 160 Å². The Bertz CT molecular complexity index is 1140. The van der Waals surface area contributed by atoms with Gasteiger partial charge in [-0.2, -0.15) is 5.10 Å². The van der Waals surface area contributed by atoms with Crippen LogP contribution in [0.5, 0.6) is 0 Å². The topological polar surface area (TPSA) is 99.6 Å². The van der Waals surface area contributed by atoms with Crippen LogP contribution in [0.15, 0.2) is 47.4 Å². The van der Waals surface area contributed by atoms with Crippen LogP contribution in [-0.4, -0.2) is 44.4 Å². The molecule has 2 amide bonds. The van der Waals surface area contributed by atoms with Crippen LogP contribution < -0.4 is 11.0 Å². The molecule has 1 aromatic carbocycles. The second-order valence-corrected chi connectivity index (χ2v) is 7.36. The van der Waals surface area contributed by atoms with Gasteiger partial charge in [-0.3, -0.25) is 9.59 Å². The van der Waals surface area contributed by atoms with Gasteiger partial charge in [0.25, 0.3) is 5.91 Å². The van der Waals surface area contributed by atoms with E-state index in [4.69, 9.17) is 0 Å². The van der Waals surface area contributed by atoms with E-state index in [1.807, 2.05) is 24.3 Å². The quantitative estimate of drug-likeness (QED) is 0.709. The van der Waals surface area contributed by atoms with Crippen molar-refractivity contribution in [2.24, 2.45) is 5.92 Å². The molecule has 0 radical (unpaired) electrons. The molecule has 2 aliphatic rings. The Kier molecular flexibility index (Phi) is 3.78. The highest BCUT2D eigenvalue weighted by atomic mass is 16.2. The van der Waals surface area contributed by atoms with Gasteiger partial charge in [0.05, 0.1) is 11.5 Å². The molecule has 1 saturated heterocycles. The number of piperidine rings is 1. The van der Waals surface area contributed by atoms with Crippen LogP contribution in [0.3, 0.4) is 0 Å². The lowest BCUT2D eigenvalue weighted by Gasteiger charge is -2.34. The van der Waals surface area contributed by atoms with Crippen molar-refractivity contribution in [3.63, 3.8) is 0 Å². The van der Waals surface area contributed by atoms with Crippen LogP contribution in [0.4, 0.5) is 5.69 Å². The van der Waals surface area contributed by atoms with Crippen molar-refractivity contribution in [2.45, 2.75) is 18.8 Å². The third-order valence-electron chi connectivity index (χ3n) is 5.79. The number of amides is 2. The van der Waals surface area contributed by atoms with Crippen LogP contribution in [0, 0.1) is 5.92 Å². The van der Waals surface area contributed by atoms with E-state index in [0.29, 0.717) is 24.3 Å². The van der Waals surface area contributed by atoms with E-state index < -0.39 is 0 Å². The van der Waals surface area contributed by atoms with Crippen molar-refractivity contribution in [1.82, 2.24) is 19.5 Å². The SMILES string of the molecule is O=C1Nc2ccccc2C1C1CCN(C(=O)c2ccc3n[nH]c(=O)n3c2)CC1. The van der Waals surface area contributed by atoms with Crippen molar-refractivity contribution in [1.29, 1.82) is 0 Å². The van der Waals surface area contributed by atoms with E-state index >= 15 is 0 Å². The third-order valence-corrected chi connectivity index (χ3v) is 5.79. The summed E-state index contributed by atoms with van der Waals surface area (Å²) in [4.78, 5) is 38.9. The predicted molar refractivity (Wildman–Crippen MR) is 102 cm³/mol. The number of hydrogen-bond acceptors (Lipinski definition) is 4. The Morgan fingerprint density at radius 2 is 1.86 bits per heavy atom. The van der Waals surface area contributed by atoms with Gasteiger partial charge in [-0.05, 0) is 42.5 Å². The van der Waals surface area contributed by atoms with Gasteiger partial charge in [0.2, 0.25) is 5.91 Å². The molecule has 4 heterocycles. The highest BCUT2D eigenvalue weighted by Gasteiger charge is 2.38. The smallest absolute Gasteiger partial charge is 0.339 e. The highest BCUT2D eigenvalue weighted by Crippen LogP contribution is 2.41. The minimum Gasteiger partial charge on any atom is -0.339 e. The molecule has 3 aromatic rings. The van der Waals surface area contributed by atoms with Gasteiger partial charge in [-0.25, -0.2) is 14.3 Å². The van der Waals surface area contributed by atoms with Crippen molar-refractivity contribution in [2.75, 3.05) is 18.4 Å². The molecule has 28 heavy (non-hydrogen) atoms. The summed E-state index contributed by atoms with van der Waals surface area (Å²) >= 11 is 0. The zero-order chi connectivity index (χ0) is 19.3. The number of aromatic nitrogens is 3. The molecule has 5 rings (SSSR count). The fourth-order valence-electron chi connectivity index (χ4n) is 4.35.